The quantitative estimate of drug-likeness (QED) is 0.456. The molecule has 1 aromatic rings. The molecule has 0 aliphatic carbocycles. The smallest absolute Gasteiger partial charge is 0.256 e. The Morgan fingerprint density at radius 2 is 2.17 bits per heavy atom. The van der Waals surface area contributed by atoms with Crippen LogP contribution < -0.4 is 11.1 Å². The van der Waals surface area contributed by atoms with Crippen LogP contribution in [-0.4, -0.2) is 36.2 Å². The second kappa shape index (κ2) is 8.33. The lowest BCUT2D eigenvalue weighted by Gasteiger charge is -2.19. The number of aliphatic imine (C=N–C) groups is 2. The van der Waals surface area contributed by atoms with Gasteiger partial charge in [0.25, 0.3) is 5.91 Å². The van der Waals surface area contributed by atoms with Gasteiger partial charge in [-0.3, -0.25) is 14.2 Å². The van der Waals surface area contributed by atoms with Crippen molar-refractivity contribution >= 4 is 24.3 Å². The summed E-state index contributed by atoms with van der Waals surface area (Å²) < 4.78 is 13.1. The molecule has 0 bridgehead atoms. The zero-order chi connectivity index (χ0) is 18.3. The van der Waals surface area contributed by atoms with Gasteiger partial charge in [0.1, 0.15) is 12.5 Å². The molecule has 0 aromatic carbocycles. The van der Waals surface area contributed by atoms with Crippen LogP contribution in [0.4, 0.5) is 10.2 Å². The summed E-state index contributed by atoms with van der Waals surface area (Å²) in [5.41, 5.74) is 5.84. The van der Waals surface area contributed by atoms with Crippen molar-refractivity contribution in [2.75, 3.05) is 6.67 Å². The van der Waals surface area contributed by atoms with Crippen molar-refractivity contribution in [3.05, 3.63) is 35.7 Å². The van der Waals surface area contributed by atoms with E-state index in [2.05, 4.69) is 27.0 Å². The molecule has 130 valence electrons. The minimum absolute atomic E-state index is 0.0387. The maximum atomic E-state index is 13.1. The molecule has 0 radical (unpaired) electrons. The molecule has 3 N–H and O–H groups in total. The number of amidine groups is 1. The maximum Gasteiger partial charge on any atom is 0.256 e. The Balaban J connectivity index is 3.18. The molecule has 0 saturated heterocycles. The molecule has 0 aliphatic rings. The van der Waals surface area contributed by atoms with E-state index in [0.29, 0.717) is 11.5 Å². The molecular weight excluding hydrogens is 309 g/mol. The third-order valence-electron chi connectivity index (χ3n) is 3.16. The van der Waals surface area contributed by atoms with E-state index < -0.39 is 18.0 Å². The average molecular weight is 333 g/mol. The van der Waals surface area contributed by atoms with Crippen LogP contribution in [0.15, 0.2) is 40.0 Å². The summed E-state index contributed by atoms with van der Waals surface area (Å²) >= 11 is 0. The van der Waals surface area contributed by atoms with Gasteiger partial charge in [0.2, 0.25) is 0 Å². The first-order valence-corrected chi connectivity index (χ1v) is 7.56. The topological polar surface area (TPSA) is 92.7 Å². The van der Waals surface area contributed by atoms with E-state index in [1.165, 1.54) is 6.20 Å². The Hall–Kier alpha value is -2.57. The summed E-state index contributed by atoms with van der Waals surface area (Å²) in [4.78, 5) is 24.2. The highest BCUT2D eigenvalue weighted by molar-refractivity contribution is 6.20. The molecule has 0 aliphatic heterocycles. The van der Waals surface area contributed by atoms with Crippen LogP contribution in [0.3, 0.4) is 0 Å². The predicted octanol–water partition coefficient (Wildman–Crippen LogP) is 2.43. The van der Waals surface area contributed by atoms with Gasteiger partial charge in [0.05, 0.1) is 11.3 Å². The van der Waals surface area contributed by atoms with Crippen LogP contribution in [0.25, 0.3) is 0 Å². The minimum Gasteiger partial charge on any atom is -0.383 e. The summed E-state index contributed by atoms with van der Waals surface area (Å²) in [5, 5.41) is 2.71. The van der Waals surface area contributed by atoms with Crippen molar-refractivity contribution < 1.29 is 9.18 Å². The van der Waals surface area contributed by atoms with Crippen molar-refractivity contribution in [3.8, 4) is 0 Å². The molecule has 7 heteroatoms. The Morgan fingerprint density at radius 1 is 1.50 bits per heavy atom. The van der Waals surface area contributed by atoms with Crippen LogP contribution in [0.2, 0.25) is 0 Å². The van der Waals surface area contributed by atoms with E-state index in [-0.39, 0.29) is 17.5 Å². The summed E-state index contributed by atoms with van der Waals surface area (Å²) in [6, 6.07) is 5.01. The lowest BCUT2D eigenvalue weighted by Crippen LogP contribution is -2.35. The van der Waals surface area contributed by atoms with Crippen LogP contribution in [0, 0.1) is 0 Å². The Labute approximate surface area is 141 Å². The van der Waals surface area contributed by atoms with Gasteiger partial charge < -0.3 is 11.1 Å². The second-order valence-corrected chi connectivity index (χ2v) is 6.25. The van der Waals surface area contributed by atoms with Crippen LogP contribution in [0.1, 0.15) is 33.4 Å². The molecule has 6 nitrogen and oxygen atoms in total. The molecule has 1 aromatic heterocycles. The summed E-state index contributed by atoms with van der Waals surface area (Å²) in [6.07, 6.45) is 1.24. The third-order valence-corrected chi connectivity index (χ3v) is 3.16. The molecule has 0 unspecified atom stereocenters. The van der Waals surface area contributed by atoms with Crippen molar-refractivity contribution in [2.24, 2.45) is 15.7 Å². The van der Waals surface area contributed by atoms with E-state index in [1.54, 1.807) is 32.0 Å². The summed E-state index contributed by atoms with van der Waals surface area (Å²) in [5.74, 6) is -0.152. The Kier molecular flexibility index (Phi) is 6.76. The molecule has 0 fully saturated rings. The summed E-state index contributed by atoms with van der Waals surface area (Å²) in [6.45, 7) is 9.93. The van der Waals surface area contributed by atoms with Gasteiger partial charge in [0, 0.05) is 17.7 Å². The highest BCUT2D eigenvalue weighted by Gasteiger charge is 2.22. The first-order valence-electron chi connectivity index (χ1n) is 7.56. The second-order valence-electron chi connectivity index (χ2n) is 6.25. The van der Waals surface area contributed by atoms with Gasteiger partial charge >= 0.3 is 0 Å². The number of pyridine rings is 1. The number of carbonyl (C=O) groups excluding carboxylic acids is 1. The van der Waals surface area contributed by atoms with Gasteiger partial charge in [-0.2, -0.15) is 0 Å². The van der Waals surface area contributed by atoms with Crippen LogP contribution in [0.5, 0.6) is 0 Å². The fraction of sp³-hybridized carbons (Fsp3) is 0.412. The van der Waals surface area contributed by atoms with Gasteiger partial charge in [-0.25, -0.2) is 9.98 Å². The fourth-order valence-corrected chi connectivity index (χ4v) is 1.79. The fourth-order valence-electron chi connectivity index (χ4n) is 1.79. The van der Waals surface area contributed by atoms with E-state index in [0.717, 1.165) is 0 Å². The molecule has 24 heavy (non-hydrogen) atoms. The first kappa shape index (κ1) is 19.5. The molecule has 0 saturated carbocycles. The Bertz CT molecular complexity index is 665. The number of rotatable bonds is 7. The standard InChI is InChI=1S/C17H24FN5O/c1-11(2)21-16(24)12(9-20-5)15(19)23-14-8-6-7-13(22-14)17(3,4)10-18/h6-9,11H,5,10H2,1-4H3,(H,21,24)(H2,19,22,23)/b12-9+. The predicted molar refractivity (Wildman–Crippen MR) is 95.4 cm³/mol. The minimum atomic E-state index is -0.726. The van der Waals surface area contributed by atoms with Crippen LogP contribution >= 0.6 is 0 Å². The number of carbonyl (C=O) groups is 1. The highest BCUT2D eigenvalue weighted by atomic mass is 19.1. The first-order chi connectivity index (χ1) is 11.2. The number of alkyl halides is 1. The van der Waals surface area contributed by atoms with E-state index in [4.69, 9.17) is 5.73 Å². The summed E-state index contributed by atoms with van der Waals surface area (Å²) in [7, 11) is 0. The van der Waals surface area contributed by atoms with Gasteiger partial charge in [-0.15, -0.1) is 0 Å². The molecular formula is C17H24FN5O. The SMILES string of the molecule is C=N/C=C(C(=O)NC(C)C)\C(N)=N\c1cccc(C(C)(C)CF)n1. The number of aromatic nitrogens is 1. The third kappa shape index (κ3) is 5.26. The number of amides is 1. The van der Waals surface area contributed by atoms with Crippen molar-refractivity contribution in [3.63, 3.8) is 0 Å². The number of halogens is 1. The number of hydrogen-bond donors (Lipinski definition) is 2. The number of nitrogens with one attached hydrogen (secondary N) is 1. The van der Waals surface area contributed by atoms with Gasteiger partial charge in [-0.1, -0.05) is 19.9 Å². The molecule has 1 heterocycles. The number of nitrogens with zero attached hydrogens (tertiary/aromatic N) is 3. The van der Waals surface area contributed by atoms with Gasteiger partial charge in [0.15, 0.2) is 5.82 Å². The normalized spacial score (nSPS) is 13.1. The van der Waals surface area contributed by atoms with Crippen molar-refractivity contribution in [1.82, 2.24) is 10.3 Å². The lowest BCUT2D eigenvalue weighted by atomic mass is 9.90. The van der Waals surface area contributed by atoms with Crippen molar-refractivity contribution in [1.29, 1.82) is 0 Å². The van der Waals surface area contributed by atoms with E-state index >= 15 is 0 Å². The average Bonchev–Trinajstić information content (AvgIpc) is 2.51. The molecule has 1 amide bonds. The van der Waals surface area contributed by atoms with Gasteiger partial charge in [-0.05, 0) is 32.7 Å². The largest absolute Gasteiger partial charge is 0.383 e. The van der Waals surface area contributed by atoms with Crippen LogP contribution in [-0.2, 0) is 10.2 Å². The Morgan fingerprint density at radius 3 is 2.71 bits per heavy atom. The number of hydrogen-bond acceptors (Lipinski definition) is 4. The van der Waals surface area contributed by atoms with E-state index in [1.807, 2.05) is 13.8 Å². The molecule has 0 atom stereocenters. The highest BCUT2D eigenvalue weighted by Crippen LogP contribution is 2.23. The van der Waals surface area contributed by atoms with Crippen molar-refractivity contribution in [2.45, 2.75) is 39.2 Å². The zero-order valence-electron chi connectivity index (χ0n) is 14.5. The monoisotopic (exact) mass is 333 g/mol. The lowest BCUT2D eigenvalue weighted by molar-refractivity contribution is -0.117. The maximum absolute atomic E-state index is 13.1. The zero-order valence-corrected chi connectivity index (χ0v) is 14.5. The number of nitrogens with two attached hydrogens (primary N) is 1. The molecule has 0 spiro atoms. The molecule has 1 rings (SSSR count). The van der Waals surface area contributed by atoms with E-state index in [9.17, 15) is 9.18 Å².